The number of likely N-dealkylation sites (tertiary alicyclic amines) is 1. The van der Waals surface area contributed by atoms with Crippen LogP contribution in [0.5, 0.6) is 0 Å². The van der Waals surface area contributed by atoms with Crippen molar-refractivity contribution in [1.82, 2.24) is 15.0 Å². The van der Waals surface area contributed by atoms with Crippen molar-refractivity contribution < 1.29 is 14.4 Å². The standard InChI is InChI=1S/C21H23N3O3S/c1-15-22-17(14-28-15)11-20(25)24-9-7-21(26,8-10-24)13-18-12-19(23-27-18)16-5-3-2-4-6-16/h2-6,12,14,26H,7-11,13H2,1H3. The first-order chi connectivity index (χ1) is 13.5. The molecule has 0 aliphatic carbocycles. The van der Waals surface area contributed by atoms with Crippen molar-refractivity contribution in [3.8, 4) is 11.3 Å². The van der Waals surface area contributed by atoms with Crippen molar-refractivity contribution in [1.29, 1.82) is 0 Å². The quantitative estimate of drug-likeness (QED) is 0.715. The summed E-state index contributed by atoms with van der Waals surface area (Å²) >= 11 is 1.56. The minimum Gasteiger partial charge on any atom is -0.389 e. The van der Waals surface area contributed by atoms with Crippen LogP contribution in [-0.2, 0) is 17.6 Å². The van der Waals surface area contributed by atoms with E-state index in [1.807, 2.05) is 53.6 Å². The Balaban J connectivity index is 1.33. The molecule has 0 bridgehead atoms. The lowest BCUT2D eigenvalue weighted by atomic mass is 9.87. The second-order valence-electron chi connectivity index (χ2n) is 7.36. The summed E-state index contributed by atoms with van der Waals surface area (Å²) in [5.74, 6) is 0.734. The van der Waals surface area contributed by atoms with Gasteiger partial charge in [0.25, 0.3) is 0 Å². The molecule has 1 aromatic carbocycles. The van der Waals surface area contributed by atoms with Crippen molar-refractivity contribution in [3.05, 3.63) is 58.2 Å². The third-order valence-corrected chi connectivity index (χ3v) is 6.00. The fourth-order valence-corrected chi connectivity index (χ4v) is 4.18. The van der Waals surface area contributed by atoms with E-state index < -0.39 is 5.60 Å². The normalized spacial score (nSPS) is 16.3. The zero-order chi connectivity index (χ0) is 19.6. The monoisotopic (exact) mass is 397 g/mol. The van der Waals surface area contributed by atoms with Crippen LogP contribution in [0.2, 0.25) is 0 Å². The molecule has 6 nitrogen and oxygen atoms in total. The van der Waals surface area contributed by atoms with E-state index in [1.165, 1.54) is 0 Å². The first-order valence-corrected chi connectivity index (χ1v) is 10.3. The number of rotatable bonds is 5. The molecular formula is C21H23N3O3S. The largest absolute Gasteiger partial charge is 0.389 e. The number of benzene rings is 1. The highest BCUT2D eigenvalue weighted by atomic mass is 32.1. The third-order valence-electron chi connectivity index (χ3n) is 5.18. The van der Waals surface area contributed by atoms with E-state index in [1.54, 1.807) is 11.3 Å². The van der Waals surface area contributed by atoms with Crippen LogP contribution in [0.3, 0.4) is 0 Å². The van der Waals surface area contributed by atoms with Crippen LogP contribution in [0.4, 0.5) is 0 Å². The van der Waals surface area contributed by atoms with Gasteiger partial charge >= 0.3 is 0 Å². The van der Waals surface area contributed by atoms with Gasteiger partial charge in [0.2, 0.25) is 5.91 Å². The van der Waals surface area contributed by atoms with Gasteiger partial charge in [-0.1, -0.05) is 35.5 Å². The molecule has 0 spiro atoms. The number of carbonyl (C=O) groups is 1. The van der Waals surface area contributed by atoms with Gasteiger partial charge in [-0.3, -0.25) is 4.79 Å². The van der Waals surface area contributed by atoms with Crippen molar-refractivity contribution in [2.24, 2.45) is 0 Å². The van der Waals surface area contributed by atoms with Crippen molar-refractivity contribution >= 4 is 17.2 Å². The van der Waals surface area contributed by atoms with Gasteiger partial charge in [-0.25, -0.2) is 4.98 Å². The molecule has 2 aromatic heterocycles. The molecule has 3 heterocycles. The molecule has 1 N–H and O–H groups in total. The van der Waals surface area contributed by atoms with E-state index in [0.29, 0.717) is 44.5 Å². The highest BCUT2D eigenvalue weighted by Gasteiger charge is 2.35. The predicted molar refractivity (Wildman–Crippen MR) is 107 cm³/mol. The summed E-state index contributed by atoms with van der Waals surface area (Å²) in [6.45, 7) is 3.02. The van der Waals surface area contributed by atoms with E-state index in [0.717, 1.165) is 22.0 Å². The van der Waals surface area contributed by atoms with E-state index in [-0.39, 0.29) is 5.91 Å². The minimum absolute atomic E-state index is 0.0679. The van der Waals surface area contributed by atoms with Crippen molar-refractivity contribution in [2.75, 3.05) is 13.1 Å². The van der Waals surface area contributed by atoms with Crippen molar-refractivity contribution in [2.45, 2.75) is 38.2 Å². The second kappa shape index (κ2) is 7.85. The number of aromatic nitrogens is 2. The first kappa shape index (κ1) is 18.8. The molecule has 7 heteroatoms. The molecule has 146 valence electrons. The summed E-state index contributed by atoms with van der Waals surface area (Å²) in [4.78, 5) is 18.7. The van der Waals surface area contributed by atoms with Gasteiger partial charge in [-0.05, 0) is 19.8 Å². The lowest BCUT2D eigenvalue weighted by molar-refractivity contribution is -0.134. The van der Waals surface area contributed by atoms with E-state index in [9.17, 15) is 9.90 Å². The predicted octanol–water partition coefficient (Wildman–Crippen LogP) is 3.25. The Kier molecular flexibility index (Phi) is 5.28. The van der Waals surface area contributed by atoms with E-state index >= 15 is 0 Å². The van der Waals surface area contributed by atoms with E-state index in [2.05, 4.69) is 10.1 Å². The summed E-state index contributed by atoms with van der Waals surface area (Å²) in [5, 5.41) is 18.0. The summed E-state index contributed by atoms with van der Waals surface area (Å²) in [6, 6.07) is 11.7. The summed E-state index contributed by atoms with van der Waals surface area (Å²) in [6.07, 6.45) is 1.78. The number of amides is 1. The van der Waals surface area contributed by atoms with Crippen LogP contribution in [-0.4, -0.2) is 44.7 Å². The SMILES string of the molecule is Cc1nc(CC(=O)N2CCC(O)(Cc3cc(-c4ccccc4)no3)CC2)cs1. The maximum absolute atomic E-state index is 12.5. The maximum Gasteiger partial charge on any atom is 0.228 e. The number of nitrogens with zero attached hydrogens (tertiary/aromatic N) is 3. The number of hydrogen-bond donors (Lipinski definition) is 1. The van der Waals surface area contributed by atoms with E-state index in [4.69, 9.17) is 4.52 Å². The molecule has 1 aliphatic rings. The van der Waals surface area contributed by atoms with Gasteiger partial charge in [0.05, 0.1) is 22.7 Å². The molecule has 1 saturated heterocycles. The number of thiazole rings is 1. The number of carbonyl (C=O) groups excluding carboxylic acids is 1. The van der Waals surface area contributed by atoms with Gasteiger partial charge in [0, 0.05) is 36.5 Å². The molecule has 28 heavy (non-hydrogen) atoms. The lowest BCUT2D eigenvalue weighted by Crippen LogP contribution is -2.48. The highest BCUT2D eigenvalue weighted by molar-refractivity contribution is 7.09. The summed E-state index contributed by atoms with van der Waals surface area (Å²) in [7, 11) is 0. The van der Waals surface area contributed by atoms with Crippen LogP contribution < -0.4 is 0 Å². The van der Waals surface area contributed by atoms with Crippen LogP contribution in [0.15, 0.2) is 46.3 Å². The van der Waals surface area contributed by atoms with Gasteiger partial charge < -0.3 is 14.5 Å². The Bertz CT molecular complexity index is 943. The number of hydrogen-bond acceptors (Lipinski definition) is 6. The second-order valence-corrected chi connectivity index (χ2v) is 8.42. The Morgan fingerprint density at radius 1 is 1.29 bits per heavy atom. The third kappa shape index (κ3) is 4.31. The van der Waals surface area contributed by atoms with Crippen LogP contribution >= 0.6 is 11.3 Å². The van der Waals surface area contributed by atoms with Gasteiger partial charge in [-0.15, -0.1) is 11.3 Å². The molecule has 0 unspecified atom stereocenters. The number of piperidine rings is 1. The number of aliphatic hydroxyl groups is 1. The van der Waals surface area contributed by atoms with Crippen molar-refractivity contribution in [3.63, 3.8) is 0 Å². The molecule has 3 aromatic rings. The zero-order valence-electron chi connectivity index (χ0n) is 15.8. The average Bonchev–Trinajstić information content (AvgIpc) is 3.31. The van der Waals surface area contributed by atoms with Crippen LogP contribution in [0, 0.1) is 6.92 Å². The Labute approximate surface area is 167 Å². The molecular weight excluding hydrogens is 374 g/mol. The molecule has 1 fully saturated rings. The molecule has 1 amide bonds. The van der Waals surface area contributed by atoms with Gasteiger partial charge in [0.15, 0.2) is 0 Å². The molecule has 0 atom stereocenters. The highest BCUT2D eigenvalue weighted by Crippen LogP contribution is 2.28. The van der Waals surface area contributed by atoms with Gasteiger partial charge in [-0.2, -0.15) is 0 Å². The van der Waals surface area contributed by atoms with Gasteiger partial charge in [0.1, 0.15) is 11.5 Å². The molecule has 0 radical (unpaired) electrons. The lowest BCUT2D eigenvalue weighted by Gasteiger charge is -2.37. The Morgan fingerprint density at radius 2 is 2.04 bits per heavy atom. The Morgan fingerprint density at radius 3 is 2.71 bits per heavy atom. The topological polar surface area (TPSA) is 79.5 Å². The van der Waals surface area contributed by atoms with Crippen LogP contribution in [0.25, 0.3) is 11.3 Å². The van der Waals surface area contributed by atoms with Crippen LogP contribution in [0.1, 0.15) is 29.3 Å². The minimum atomic E-state index is -0.874. The first-order valence-electron chi connectivity index (χ1n) is 9.43. The zero-order valence-corrected chi connectivity index (χ0v) is 16.6. The summed E-state index contributed by atoms with van der Waals surface area (Å²) < 4.78 is 5.44. The average molecular weight is 398 g/mol. The fourth-order valence-electron chi connectivity index (χ4n) is 3.57. The molecule has 1 aliphatic heterocycles. The fraction of sp³-hybridized carbons (Fsp3) is 0.381. The maximum atomic E-state index is 12.5. The number of aryl methyl sites for hydroxylation is 1. The Hall–Kier alpha value is -2.51. The molecule has 0 saturated carbocycles. The summed E-state index contributed by atoms with van der Waals surface area (Å²) in [5.41, 5.74) is 1.71. The smallest absolute Gasteiger partial charge is 0.228 e. The molecule has 4 rings (SSSR count).